The molecule has 2 aromatic rings. The lowest BCUT2D eigenvalue weighted by molar-refractivity contribution is -0.126. The number of carbonyl (C=O) groups excluding carboxylic acids is 2. The van der Waals surface area contributed by atoms with Crippen molar-refractivity contribution in [3.8, 4) is 5.75 Å². The van der Waals surface area contributed by atoms with Gasteiger partial charge in [0.25, 0.3) is 5.91 Å². The van der Waals surface area contributed by atoms with Crippen LogP contribution >= 0.6 is 23.2 Å². The maximum absolute atomic E-state index is 12.7. The average Bonchev–Trinajstić information content (AvgIpc) is 2.84. The van der Waals surface area contributed by atoms with Gasteiger partial charge in [0, 0.05) is 29.7 Å². The number of amides is 2. The predicted molar refractivity (Wildman–Crippen MR) is 102 cm³/mol. The summed E-state index contributed by atoms with van der Waals surface area (Å²) in [5.74, 6) is 0.179. The van der Waals surface area contributed by atoms with Crippen LogP contribution in [0, 0.1) is 0 Å². The lowest BCUT2D eigenvalue weighted by atomic mass is 10.1. The van der Waals surface area contributed by atoms with Crippen molar-refractivity contribution in [3.05, 3.63) is 58.1 Å². The van der Waals surface area contributed by atoms with Gasteiger partial charge in [0.05, 0.1) is 11.6 Å². The molecular weight excluding hydrogens is 375 g/mol. The van der Waals surface area contributed by atoms with Gasteiger partial charge < -0.3 is 15.0 Å². The highest BCUT2D eigenvalue weighted by Crippen LogP contribution is 2.37. The summed E-state index contributed by atoms with van der Waals surface area (Å²) in [5.41, 5.74) is 1.47. The minimum Gasteiger partial charge on any atom is -0.492 e. The monoisotopic (exact) mass is 392 g/mol. The summed E-state index contributed by atoms with van der Waals surface area (Å²) in [6.07, 6.45) is 0.617. The molecule has 5 nitrogen and oxygen atoms in total. The summed E-state index contributed by atoms with van der Waals surface area (Å²) in [6, 6.07) is 11.8. The van der Waals surface area contributed by atoms with Crippen LogP contribution in [0.3, 0.4) is 0 Å². The second-order valence-electron chi connectivity index (χ2n) is 5.96. The standard InChI is InChI=1S/C19H18Cl2N2O3/c1-12(24)22-18-14-11-13(20)7-8-16(14)23(19(18)25)9-4-10-26-17-6-3-2-5-15(17)21/h2-3,5-8,11,18H,4,9-10H2,1H3,(H,22,24)/t18-/m0/s1. The van der Waals surface area contributed by atoms with E-state index in [2.05, 4.69) is 5.32 Å². The fourth-order valence-corrected chi connectivity index (χ4v) is 3.32. The number of hydrogen-bond donors (Lipinski definition) is 1. The molecule has 3 rings (SSSR count). The van der Waals surface area contributed by atoms with Crippen LogP contribution in [0.2, 0.25) is 10.0 Å². The Bertz CT molecular complexity index is 841. The van der Waals surface area contributed by atoms with Gasteiger partial charge in [-0.3, -0.25) is 9.59 Å². The Kier molecular flexibility index (Phi) is 5.69. The number of anilines is 1. The molecule has 0 radical (unpaired) electrons. The SMILES string of the molecule is CC(=O)N[C@@H]1C(=O)N(CCCOc2ccccc2Cl)c2ccc(Cl)cc21. The smallest absolute Gasteiger partial charge is 0.254 e. The summed E-state index contributed by atoms with van der Waals surface area (Å²) < 4.78 is 5.67. The van der Waals surface area contributed by atoms with Crippen LogP contribution < -0.4 is 15.0 Å². The third-order valence-corrected chi connectivity index (χ3v) is 4.62. The van der Waals surface area contributed by atoms with E-state index in [1.54, 1.807) is 35.2 Å². The zero-order valence-corrected chi connectivity index (χ0v) is 15.7. The molecular formula is C19H18Cl2N2O3. The van der Waals surface area contributed by atoms with Gasteiger partial charge in [-0.2, -0.15) is 0 Å². The second kappa shape index (κ2) is 7.98. The molecule has 26 heavy (non-hydrogen) atoms. The Balaban J connectivity index is 1.67. The number of ether oxygens (including phenoxy) is 1. The lowest BCUT2D eigenvalue weighted by Crippen LogP contribution is -2.37. The fourth-order valence-electron chi connectivity index (χ4n) is 2.95. The average molecular weight is 393 g/mol. The van der Waals surface area contributed by atoms with E-state index in [0.29, 0.717) is 40.9 Å². The first kappa shape index (κ1) is 18.5. The first-order valence-electron chi connectivity index (χ1n) is 8.22. The molecule has 1 heterocycles. The summed E-state index contributed by atoms with van der Waals surface area (Å²) in [7, 11) is 0. The first-order chi connectivity index (χ1) is 12.5. The Hall–Kier alpha value is -2.24. The predicted octanol–water partition coefficient (Wildman–Crippen LogP) is 3.99. The number of para-hydroxylation sites is 1. The van der Waals surface area contributed by atoms with Gasteiger partial charge in [0.1, 0.15) is 11.8 Å². The Morgan fingerprint density at radius 1 is 1.23 bits per heavy atom. The summed E-state index contributed by atoms with van der Waals surface area (Å²) in [4.78, 5) is 25.8. The van der Waals surface area contributed by atoms with Crippen molar-refractivity contribution in [2.24, 2.45) is 0 Å². The zero-order chi connectivity index (χ0) is 18.7. The number of rotatable bonds is 6. The number of halogens is 2. The van der Waals surface area contributed by atoms with Crippen molar-refractivity contribution >= 4 is 40.7 Å². The number of nitrogens with zero attached hydrogens (tertiary/aromatic N) is 1. The van der Waals surface area contributed by atoms with Crippen LogP contribution in [0.15, 0.2) is 42.5 Å². The minimum atomic E-state index is -0.703. The molecule has 0 spiro atoms. The van der Waals surface area contributed by atoms with E-state index in [-0.39, 0.29) is 11.8 Å². The van der Waals surface area contributed by atoms with Gasteiger partial charge in [-0.05, 0) is 36.8 Å². The number of carbonyl (C=O) groups is 2. The molecule has 2 amide bonds. The van der Waals surface area contributed by atoms with Crippen molar-refractivity contribution < 1.29 is 14.3 Å². The molecule has 0 aromatic heterocycles. The number of fused-ring (bicyclic) bond motifs is 1. The Morgan fingerprint density at radius 3 is 2.73 bits per heavy atom. The van der Waals surface area contributed by atoms with Crippen molar-refractivity contribution in [2.45, 2.75) is 19.4 Å². The molecule has 0 unspecified atom stereocenters. The highest BCUT2D eigenvalue weighted by Gasteiger charge is 2.37. The van der Waals surface area contributed by atoms with E-state index in [0.717, 1.165) is 5.69 Å². The van der Waals surface area contributed by atoms with Gasteiger partial charge in [0.2, 0.25) is 5.91 Å². The van der Waals surface area contributed by atoms with Crippen LogP contribution in [-0.2, 0) is 9.59 Å². The molecule has 1 aliphatic heterocycles. The molecule has 136 valence electrons. The van der Waals surface area contributed by atoms with Crippen molar-refractivity contribution in [3.63, 3.8) is 0 Å². The number of nitrogens with one attached hydrogen (secondary N) is 1. The van der Waals surface area contributed by atoms with Crippen molar-refractivity contribution in [1.29, 1.82) is 0 Å². The van der Waals surface area contributed by atoms with Gasteiger partial charge in [-0.1, -0.05) is 35.3 Å². The van der Waals surface area contributed by atoms with Crippen LogP contribution in [0.5, 0.6) is 5.75 Å². The van der Waals surface area contributed by atoms with Crippen LogP contribution in [-0.4, -0.2) is 25.0 Å². The number of hydrogen-bond acceptors (Lipinski definition) is 3. The lowest BCUT2D eigenvalue weighted by Gasteiger charge is -2.18. The fraction of sp³-hybridized carbons (Fsp3) is 0.263. The zero-order valence-electron chi connectivity index (χ0n) is 14.2. The molecule has 0 fully saturated rings. The molecule has 0 aliphatic carbocycles. The molecule has 1 atom stereocenters. The molecule has 0 bridgehead atoms. The second-order valence-corrected chi connectivity index (χ2v) is 6.80. The summed E-state index contributed by atoms with van der Waals surface area (Å²) in [6.45, 7) is 2.27. The van der Waals surface area contributed by atoms with E-state index in [9.17, 15) is 9.59 Å². The first-order valence-corrected chi connectivity index (χ1v) is 8.98. The Labute approximate surface area is 161 Å². The molecule has 7 heteroatoms. The number of benzene rings is 2. The van der Waals surface area contributed by atoms with Gasteiger partial charge in [0.15, 0.2) is 0 Å². The van der Waals surface area contributed by atoms with E-state index in [4.69, 9.17) is 27.9 Å². The summed E-state index contributed by atoms with van der Waals surface area (Å²) >= 11 is 12.1. The maximum atomic E-state index is 12.7. The van der Waals surface area contributed by atoms with E-state index < -0.39 is 6.04 Å². The minimum absolute atomic E-state index is 0.171. The van der Waals surface area contributed by atoms with Crippen LogP contribution in [0.4, 0.5) is 5.69 Å². The summed E-state index contributed by atoms with van der Waals surface area (Å²) in [5, 5.41) is 3.77. The quantitative estimate of drug-likeness (QED) is 0.756. The van der Waals surface area contributed by atoms with E-state index in [1.165, 1.54) is 6.92 Å². The molecule has 0 saturated carbocycles. The molecule has 1 N–H and O–H groups in total. The highest BCUT2D eigenvalue weighted by molar-refractivity contribution is 6.32. The van der Waals surface area contributed by atoms with Gasteiger partial charge in [-0.15, -0.1) is 0 Å². The van der Waals surface area contributed by atoms with E-state index in [1.807, 2.05) is 12.1 Å². The maximum Gasteiger partial charge on any atom is 0.254 e. The molecule has 1 aliphatic rings. The van der Waals surface area contributed by atoms with Crippen LogP contribution in [0.1, 0.15) is 24.9 Å². The van der Waals surface area contributed by atoms with Crippen LogP contribution in [0.25, 0.3) is 0 Å². The third kappa shape index (κ3) is 3.94. The van der Waals surface area contributed by atoms with Gasteiger partial charge >= 0.3 is 0 Å². The Morgan fingerprint density at radius 2 is 2.00 bits per heavy atom. The van der Waals surface area contributed by atoms with Crippen molar-refractivity contribution in [2.75, 3.05) is 18.1 Å². The third-order valence-electron chi connectivity index (χ3n) is 4.07. The molecule has 0 saturated heterocycles. The van der Waals surface area contributed by atoms with Gasteiger partial charge in [-0.25, -0.2) is 0 Å². The van der Waals surface area contributed by atoms with Crippen molar-refractivity contribution in [1.82, 2.24) is 5.32 Å². The normalized spacial score (nSPS) is 15.7. The largest absolute Gasteiger partial charge is 0.492 e. The topological polar surface area (TPSA) is 58.6 Å². The highest BCUT2D eigenvalue weighted by atomic mass is 35.5. The van der Waals surface area contributed by atoms with E-state index >= 15 is 0 Å². The molecule has 2 aromatic carbocycles.